The highest BCUT2D eigenvalue weighted by Crippen LogP contribution is 2.48. The van der Waals surface area contributed by atoms with Gasteiger partial charge in [0, 0.05) is 0 Å². The van der Waals surface area contributed by atoms with E-state index in [1.165, 1.54) is 75.4 Å². The van der Waals surface area contributed by atoms with Crippen molar-refractivity contribution in [3.8, 4) is 0 Å². The Morgan fingerprint density at radius 3 is 1.31 bits per heavy atom. The Balaban J connectivity index is 1.90. The van der Waals surface area contributed by atoms with Crippen molar-refractivity contribution in [3.63, 3.8) is 0 Å². The maximum Gasteiger partial charge on any atom is -0.000763 e. The summed E-state index contributed by atoms with van der Waals surface area (Å²) in [6.45, 7) is 0. The second-order valence-electron chi connectivity index (χ2n) is 8.92. The molecule has 0 saturated heterocycles. The second-order valence-corrected chi connectivity index (χ2v) is 8.92. The molecule has 0 aromatic heterocycles. The van der Waals surface area contributed by atoms with Gasteiger partial charge >= 0.3 is 0 Å². The van der Waals surface area contributed by atoms with Gasteiger partial charge in [-0.2, -0.15) is 0 Å². The highest BCUT2D eigenvalue weighted by molar-refractivity contribution is 6.45. The molecule has 0 heteroatoms. The molecule has 0 fully saturated rings. The van der Waals surface area contributed by atoms with Crippen molar-refractivity contribution in [1.82, 2.24) is 0 Å². The summed E-state index contributed by atoms with van der Waals surface area (Å²) in [5.74, 6) is 0. The molecule has 146 valence electrons. The number of fused-ring (bicyclic) bond motifs is 8. The number of hydrogen-bond donors (Lipinski definition) is 0. The fraction of sp³-hybridized carbons (Fsp3) is 0. The minimum atomic E-state index is 1.30. The molecule has 0 bridgehead atoms. The third kappa shape index (κ3) is 1.93. The summed E-state index contributed by atoms with van der Waals surface area (Å²) in [7, 11) is 0. The van der Waals surface area contributed by atoms with E-state index in [9.17, 15) is 0 Å². The maximum atomic E-state index is 2.38. The van der Waals surface area contributed by atoms with Crippen LogP contribution in [0.1, 0.15) is 0 Å². The third-order valence-corrected chi connectivity index (χ3v) is 7.28. The molecular weight excluding hydrogens is 384 g/mol. The third-order valence-electron chi connectivity index (χ3n) is 7.28. The summed E-state index contributed by atoms with van der Waals surface area (Å²) in [6, 6.07) is 40.5. The minimum absolute atomic E-state index is 1.30. The molecule has 0 atom stereocenters. The molecular formula is C32H18. The molecule has 0 heterocycles. The van der Waals surface area contributed by atoms with Crippen LogP contribution in [-0.2, 0) is 0 Å². The quantitative estimate of drug-likeness (QED) is 0.175. The van der Waals surface area contributed by atoms with Crippen LogP contribution in [0.3, 0.4) is 0 Å². The normalized spacial score (nSPS) is 12.4. The van der Waals surface area contributed by atoms with Gasteiger partial charge in [-0.25, -0.2) is 0 Å². The average Bonchev–Trinajstić information content (AvgIpc) is 2.85. The zero-order chi connectivity index (χ0) is 20.8. The van der Waals surface area contributed by atoms with Gasteiger partial charge in [0.2, 0.25) is 0 Å². The van der Waals surface area contributed by atoms with Crippen LogP contribution in [0.2, 0.25) is 0 Å². The molecule has 0 amide bonds. The standard InChI is InChI=1S/C32H18/c1-4-12-24-20(9-1)17-23-18-21-10-3-6-14-26(21)32-29(23)30(24)27-15-7-11-22-16-19-8-2-5-13-25(19)31(32)28(22)27/h1-18H. The summed E-state index contributed by atoms with van der Waals surface area (Å²) in [5, 5.41) is 18.8. The van der Waals surface area contributed by atoms with Gasteiger partial charge in [-0.3, -0.25) is 0 Å². The zero-order valence-electron chi connectivity index (χ0n) is 17.4. The first kappa shape index (κ1) is 16.5. The molecule has 0 aliphatic heterocycles. The summed E-state index contributed by atoms with van der Waals surface area (Å²) in [5.41, 5.74) is 0. The van der Waals surface area contributed by atoms with Crippen molar-refractivity contribution in [2.45, 2.75) is 0 Å². The van der Waals surface area contributed by atoms with Crippen LogP contribution in [-0.4, -0.2) is 0 Å². The zero-order valence-corrected chi connectivity index (χ0v) is 17.4. The molecule has 0 saturated carbocycles. The molecule has 8 rings (SSSR count). The SMILES string of the molecule is c1ccc2c(c1)cc1cc3ccccc3c3c1c2c1cccc2cc4ccccc4c3c21. The molecule has 0 unspecified atom stereocenters. The Labute approximate surface area is 184 Å². The largest absolute Gasteiger partial charge is 0.0616 e. The van der Waals surface area contributed by atoms with Gasteiger partial charge in [0.15, 0.2) is 0 Å². The fourth-order valence-electron chi connectivity index (χ4n) is 6.03. The molecule has 0 aliphatic rings. The highest BCUT2D eigenvalue weighted by Gasteiger charge is 2.19. The lowest BCUT2D eigenvalue weighted by Crippen LogP contribution is -1.91. The molecule has 0 radical (unpaired) electrons. The summed E-state index contributed by atoms with van der Waals surface area (Å²) < 4.78 is 0. The first-order valence-electron chi connectivity index (χ1n) is 11.2. The average molecular weight is 402 g/mol. The van der Waals surface area contributed by atoms with Crippen LogP contribution >= 0.6 is 0 Å². The molecule has 32 heavy (non-hydrogen) atoms. The number of hydrogen-bond acceptors (Lipinski definition) is 0. The lowest BCUT2D eigenvalue weighted by molar-refractivity contribution is 1.79. The van der Waals surface area contributed by atoms with Gasteiger partial charge in [0.05, 0.1) is 0 Å². The Morgan fingerprint density at radius 1 is 0.250 bits per heavy atom. The van der Waals surface area contributed by atoms with Crippen molar-refractivity contribution in [2.24, 2.45) is 0 Å². The predicted octanol–water partition coefficient (Wildman–Crippen LogP) is 9.20. The van der Waals surface area contributed by atoms with Crippen LogP contribution in [0.4, 0.5) is 0 Å². The van der Waals surface area contributed by atoms with E-state index in [0.717, 1.165) is 0 Å². The van der Waals surface area contributed by atoms with E-state index < -0.39 is 0 Å². The van der Waals surface area contributed by atoms with E-state index in [1.54, 1.807) is 0 Å². The fourth-order valence-corrected chi connectivity index (χ4v) is 6.03. The Morgan fingerprint density at radius 2 is 0.688 bits per heavy atom. The Bertz CT molecular complexity index is 2010. The first-order chi connectivity index (χ1) is 15.9. The lowest BCUT2D eigenvalue weighted by atomic mass is 9.83. The Hall–Kier alpha value is -4.16. The van der Waals surface area contributed by atoms with Gasteiger partial charge < -0.3 is 0 Å². The van der Waals surface area contributed by atoms with E-state index in [4.69, 9.17) is 0 Å². The molecule has 0 aliphatic carbocycles. The highest BCUT2D eigenvalue weighted by atomic mass is 14.2. The summed E-state index contributed by atoms with van der Waals surface area (Å²) >= 11 is 0. The minimum Gasteiger partial charge on any atom is -0.0616 e. The van der Waals surface area contributed by atoms with Gasteiger partial charge in [0.25, 0.3) is 0 Å². The summed E-state index contributed by atoms with van der Waals surface area (Å²) in [6.07, 6.45) is 0. The van der Waals surface area contributed by atoms with Crippen molar-refractivity contribution >= 4 is 75.4 Å². The van der Waals surface area contributed by atoms with E-state index in [1.807, 2.05) is 0 Å². The molecule has 0 N–H and O–H groups in total. The van der Waals surface area contributed by atoms with Crippen LogP contribution in [0, 0.1) is 0 Å². The van der Waals surface area contributed by atoms with E-state index in [0.29, 0.717) is 0 Å². The number of benzene rings is 8. The molecule has 8 aromatic carbocycles. The van der Waals surface area contributed by atoms with E-state index in [-0.39, 0.29) is 0 Å². The smallest absolute Gasteiger partial charge is 0.000763 e. The molecule has 8 aromatic rings. The summed E-state index contributed by atoms with van der Waals surface area (Å²) in [4.78, 5) is 0. The van der Waals surface area contributed by atoms with Gasteiger partial charge in [-0.1, -0.05) is 91.0 Å². The van der Waals surface area contributed by atoms with E-state index >= 15 is 0 Å². The van der Waals surface area contributed by atoms with Crippen LogP contribution in [0.5, 0.6) is 0 Å². The molecule has 0 nitrogen and oxygen atoms in total. The topological polar surface area (TPSA) is 0 Å². The van der Waals surface area contributed by atoms with E-state index in [2.05, 4.69) is 109 Å². The Kier molecular flexibility index (Phi) is 2.97. The van der Waals surface area contributed by atoms with Crippen molar-refractivity contribution in [1.29, 1.82) is 0 Å². The van der Waals surface area contributed by atoms with Gasteiger partial charge in [-0.15, -0.1) is 0 Å². The molecule has 0 spiro atoms. The lowest BCUT2D eigenvalue weighted by Gasteiger charge is -2.19. The van der Waals surface area contributed by atoms with Gasteiger partial charge in [-0.05, 0) is 93.6 Å². The van der Waals surface area contributed by atoms with Crippen molar-refractivity contribution in [3.05, 3.63) is 109 Å². The predicted molar refractivity (Wildman–Crippen MR) is 140 cm³/mol. The van der Waals surface area contributed by atoms with Crippen LogP contribution in [0.15, 0.2) is 109 Å². The van der Waals surface area contributed by atoms with Crippen molar-refractivity contribution < 1.29 is 0 Å². The second kappa shape index (κ2) is 5.75. The van der Waals surface area contributed by atoms with Crippen molar-refractivity contribution in [2.75, 3.05) is 0 Å². The number of rotatable bonds is 0. The monoisotopic (exact) mass is 402 g/mol. The van der Waals surface area contributed by atoms with Crippen LogP contribution in [0.25, 0.3) is 75.4 Å². The first-order valence-corrected chi connectivity index (χ1v) is 11.2. The van der Waals surface area contributed by atoms with Crippen LogP contribution < -0.4 is 0 Å². The maximum absolute atomic E-state index is 2.38. The van der Waals surface area contributed by atoms with Gasteiger partial charge in [0.1, 0.15) is 0 Å².